The minimum Gasteiger partial charge on any atom is -0.325 e. The van der Waals surface area contributed by atoms with Gasteiger partial charge in [-0.25, -0.2) is 4.98 Å². The van der Waals surface area contributed by atoms with Crippen LogP contribution in [-0.4, -0.2) is 27.5 Å². The average molecular weight is 310 g/mol. The number of carbonyl (C=O) groups excluding carboxylic acids is 1. The van der Waals surface area contributed by atoms with E-state index in [4.69, 9.17) is 0 Å². The molecule has 1 aliphatic heterocycles. The standard InChI is InChI=1S/C18H22N4O/c23-18(17-10-13-4-1-2-7-16(13)21-17)20-14-5-3-6-15(11-14)22-9-8-19-12-22/h3,5-6,8-9,11-13,16-17,21H,1-2,4,7,10H2,(H,20,23). The fourth-order valence-corrected chi connectivity index (χ4v) is 3.91. The molecule has 5 nitrogen and oxygen atoms in total. The molecule has 2 aromatic rings. The molecule has 3 atom stereocenters. The van der Waals surface area contributed by atoms with Gasteiger partial charge in [-0.3, -0.25) is 4.79 Å². The summed E-state index contributed by atoms with van der Waals surface area (Å²) in [6, 6.07) is 8.34. The molecule has 0 bridgehead atoms. The number of imidazole rings is 1. The van der Waals surface area contributed by atoms with Gasteiger partial charge in [0, 0.05) is 29.8 Å². The smallest absolute Gasteiger partial charge is 0.241 e. The average Bonchev–Trinajstić information content (AvgIpc) is 3.24. The van der Waals surface area contributed by atoms with E-state index in [-0.39, 0.29) is 11.9 Å². The van der Waals surface area contributed by atoms with Crippen molar-refractivity contribution in [1.29, 1.82) is 0 Å². The molecule has 2 heterocycles. The van der Waals surface area contributed by atoms with E-state index in [1.807, 2.05) is 35.0 Å². The quantitative estimate of drug-likeness (QED) is 0.916. The van der Waals surface area contributed by atoms with E-state index in [2.05, 4.69) is 15.6 Å². The van der Waals surface area contributed by atoms with E-state index in [1.165, 1.54) is 25.7 Å². The molecule has 1 saturated heterocycles. The fourth-order valence-electron chi connectivity index (χ4n) is 3.91. The van der Waals surface area contributed by atoms with Gasteiger partial charge in [0.05, 0.1) is 12.4 Å². The molecule has 2 fully saturated rings. The number of hydrogen-bond donors (Lipinski definition) is 2. The minimum atomic E-state index is -0.0556. The summed E-state index contributed by atoms with van der Waals surface area (Å²) in [6.07, 6.45) is 11.4. The van der Waals surface area contributed by atoms with Crippen molar-refractivity contribution in [3.05, 3.63) is 43.0 Å². The first kappa shape index (κ1) is 14.5. The van der Waals surface area contributed by atoms with Gasteiger partial charge in [0.2, 0.25) is 5.91 Å². The highest BCUT2D eigenvalue weighted by atomic mass is 16.2. The molecule has 0 radical (unpaired) electrons. The van der Waals surface area contributed by atoms with Crippen molar-refractivity contribution in [2.24, 2.45) is 5.92 Å². The number of fused-ring (bicyclic) bond motifs is 1. The van der Waals surface area contributed by atoms with Crippen LogP contribution >= 0.6 is 0 Å². The van der Waals surface area contributed by atoms with Crippen LogP contribution in [0.25, 0.3) is 5.69 Å². The second-order valence-corrected chi connectivity index (χ2v) is 6.62. The summed E-state index contributed by atoms with van der Waals surface area (Å²) in [5.41, 5.74) is 1.83. The molecule has 120 valence electrons. The third-order valence-corrected chi connectivity index (χ3v) is 5.10. The zero-order valence-corrected chi connectivity index (χ0v) is 13.1. The van der Waals surface area contributed by atoms with E-state index in [0.29, 0.717) is 12.0 Å². The molecular weight excluding hydrogens is 288 g/mol. The first-order chi connectivity index (χ1) is 11.3. The van der Waals surface area contributed by atoms with Gasteiger partial charge in [0.25, 0.3) is 0 Å². The zero-order valence-electron chi connectivity index (χ0n) is 13.1. The Morgan fingerprint density at radius 2 is 2.22 bits per heavy atom. The maximum Gasteiger partial charge on any atom is 0.241 e. The third-order valence-electron chi connectivity index (χ3n) is 5.10. The number of hydrogen-bond acceptors (Lipinski definition) is 3. The summed E-state index contributed by atoms with van der Waals surface area (Å²) in [4.78, 5) is 16.6. The Labute approximate surface area is 136 Å². The Kier molecular flexibility index (Phi) is 3.87. The molecule has 5 heteroatoms. The van der Waals surface area contributed by atoms with Gasteiger partial charge < -0.3 is 15.2 Å². The number of rotatable bonds is 3. The molecular formula is C18H22N4O. The van der Waals surface area contributed by atoms with Crippen LogP contribution in [0.5, 0.6) is 0 Å². The molecule has 1 aliphatic carbocycles. The molecule has 4 rings (SSSR count). The largest absolute Gasteiger partial charge is 0.325 e. The Bertz CT molecular complexity index is 668. The van der Waals surface area contributed by atoms with Crippen molar-refractivity contribution in [2.45, 2.75) is 44.2 Å². The van der Waals surface area contributed by atoms with Crippen molar-refractivity contribution in [3.8, 4) is 5.69 Å². The van der Waals surface area contributed by atoms with Crippen LogP contribution in [0.15, 0.2) is 43.0 Å². The first-order valence-corrected chi connectivity index (χ1v) is 8.45. The maximum atomic E-state index is 12.6. The Hall–Kier alpha value is -2.14. The predicted octanol–water partition coefficient (Wildman–Crippen LogP) is 2.73. The Morgan fingerprint density at radius 1 is 1.30 bits per heavy atom. The summed E-state index contributed by atoms with van der Waals surface area (Å²) < 4.78 is 1.93. The van der Waals surface area contributed by atoms with E-state index in [0.717, 1.165) is 17.8 Å². The highest BCUT2D eigenvalue weighted by Crippen LogP contribution is 2.33. The molecule has 2 aliphatic rings. The van der Waals surface area contributed by atoms with E-state index >= 15 is 0 Å². The Morgan fingerprint density at radius 3 is 3.04 bits per heavy atom. The van der Waals surface area contributed by atoms with Crippen molar-refractivity contribution >= 4 is 11.6 Å². The van der Waals surface area contributed by atoms with Gasteiger partial charge in [0.15, 0.2) is 0 Å². The number of carbonyl (C=O) groups is 1. The molecule has 1 saturated carbocycles. The lowest BCUT2D eigenvalue weighted by molar-refractivity contribution is -0.117. The molecule has 1 amide bonds. The highest BCUT2D eigenvalue weighted by Gasteiger charge is 2.38. The van der Waals surface area contributed by atoms with Crippen molar-refractivity contribution < 1.29 is 4.79 Å². The van der Waals surface area contributed by atoms with E-state index in [9.17, 15) is 4.79 Å². The summed E-state index contributed by atoms with van der Waals surface area (Å²) in [5, 5.41) is 6.59. The highest BCUT2D eigenvalue weighted by molar-refractivity contribution is 5.95. The van der Waals surface area contributed by atoms with Gasteiger partial charge >= 0.3 is 0 Å². The second-order valence-electron chi connectivity index (χ2n) is 6.62. The molecule has 1 aromatic carbocycles. The zero-order chi connectivity index (χ0) is 15.6. The number of nitrogens with zero attached hydrogens (tertiary/aromatic N) is 2. The number of benzene rings is 1. The number of aromatic nitrogens is 2. The monoisotopic (exact) mass is 310 g/mol. The van der Waals surface area contributed by atoms with Crippen LogP contribution in [0.4, 0.5) is 5.69 Å². The topological polar surface area (TPSA) is 59.0 Å². The van der Waals surface area contributed by atoms with Crippen LogP contribution in [0.3, 0.4) is 0 Å². The first-order valence-electron chi connectivity index (χ1n) is 8.45. The summed E-state index contributed by atoms with van der Waals surface area (Å²) in [7, 11) is 0. The lowest BCUT2D eigenvalue weighted by Gasteiger charge is -2.24. The van der Waals surface area contributed by atoms with Crippen LogP contribution in [0.2, 0.25) is 0 Å². The molecule has 1 aromatic heterocycles. The van der Waals surface area contributed by atoms with Crippen molar-refractivity contribution in [3.63, 3.8) is 0 Å². The number of anilines is 1. The SMILES string of the molecule is O=C(Nc1cccc(-n2ccnc2)c1)C1CC2CCCCC2N1. The van der Waals surface area contributed by atoms with Gasteiger partial charge in [-0.1, -0.05) is 18.9 Å². The van der Waals surface area contributed by atoms with Crippen molar-refractivity contribution in [1.82, 2.24) is 14.9 Å². The van der Waals surface area contributed by atoms with E-state index in [1.54, 1.807) is 12.5 Å². The fraction of sp³-hybridized carbons (Fsp3) is 0.444. The summed E-state index contributed by atoms with van der Waals surface area (Å²) in [5.74, 6) is 0.763. The molecule has 23 heavy (non-hydrogen) atoms. The van der Waals surface area contributed by atoms with Crippen LogP contribution in [0, 0.1) is 5.92 Å². The Balaban J connectivity index is 1.44. The number of amides is 1. The lowest BCUT2D eigenvalue weighted by Crippen LogP contribution is -2.39. The normalized spacial score (nSPS) is 26.7. The molecule has 2 N–H and O–H groups in total. The predicted molar refractivity (Wildman–Crippen MR) is 89.5 cm³/mol. The maximum absolute atomic E-state index is 12.6. The number of nitrogens with one attached hydrogen (secondary N) is 2. The lowest BCUT2D eigenvalue weighted by atomic mass is 9.85. The van der Waals surface area contributed by atoms with Gasteiger partial charge in [-0.15, -0.1) is 0 Å². The van der Waals surface area contributed by atoms with Crippen LogP contribution < -0.4 is 10.6 Å². The molecule has 3 unspecified atom stereocenters. The molecule has 0 spiro atoms. The van der Waals surface area contributed by atoms with Gasteiger partial charge in [0.1, 0.15) is 0 Å². The van der Waals surface area contributed by atoms with E-state index < -0.39 is 0 Å². The second kappa shape index (κ2) is 6.16. The van der Waals surface area contributed by atoms with Gasteiger partial charge in [-0.2, -0.15) is 0 Å². The van der Waals surface area contributed by atoms with Crippen LogP contribution in [0.1, 0.15) is 32.1 Å². The third kappa shape index (κ3) is 3.01. The van der Waals surface area contributed by atoms with Gasteiger partial charge in [-0.05, 0) is 43.4 Å². The van der Waals surface area contributed by atoms with Crippen LogP contribution in [-0.2, 0) is 4.79 Å². The minimum absolute atomic E-state index is 0.0556. The summed E-state index contributed by atoms with van der Waals surface area (Å²) >= 11 is 0. The summed E-state index contributed by atoms with van der Waals surface area (Å²) in [6.45, 7) is 0. The van der Waals surface area contributed by atoms with Crippen molar-refractivity contribution in [2.75, 3.05) is 5.32 Å².